The van der Waals surface area contributed by atoms with E-state index in [2.05, 4.69) is 15.6 Å². The second-order valence-electron chi connectivity index (χ2n) is 3.94. The lowest BCUT2D eigenvalue weighted by Crippen LogP contribution is -2.14. The molecule has 0 spiro atoms. The molecule has 92 valence electrons. The Morgan fingerprint density at radius 1 is 1.17 bits per heavy atom. The molecule has 0 saturated heterocycles. The van der Waals surface area contributed by atoms with E-state index in [1.165, 1.54) is 0 Å². The van der Waals surface area contributed by atoms with E-state index in [-0.39, 0.29) is 5.91 Å². The number of hydrogen-bond donors (Lipinski definition) is 2. The monoisotopic (exact) mass is 241 g/mol. The molecule has 2 N–H and O–H groups in total. The third kappa shape index (κ3) is 2.48. The highest BCUT2D eigenvalue weighted by atomic mass is 16.1. The van der Waals surface area contributed by atoms with Crippen molar-refractivity contribution in [2.45, 2.75) is 6.92 Å². The van der Waals surface area contributed by atoms with E-state index in [0.717, 1.165) is 16.9 Å². The van der Waals surface area contributed by atoms with Gasteiger partial charge < -0.3 is 10.6 Å². The maximum absolute atomic E-state index is 12.2. The van der Waals surface area contributed by atoms with Crippen LogP contribution in [0.2, 0.25) is 0 Å². The first-order chi connectivity index (χ1) is 8.72. The standard InChI is InChI=1S/C14H15N3O/c1-10-7-8-16-9-13(10)17-14(18)11-5-3-4-6-12(11)15-2/h3-9,15H,1-2H3,(H,17,18). The first kappa shape index (κ1) is 12.1. The van der Waals surface area contributed by atoms with Gasteiger partial charge >= 0.3 is 0 Å². The van der Waals surface area contributed by atoms with Gasteiger partial charge in [-0.2, -0.15) is 0 Å². The van der Waals surface area contributed by atoms with E-state index >= 15 is 0 Å². The Morgan fingerprint density at radius 3 is 2.67 bits per heavy atom. The summed E-state index contributed by atoms with van der Waals surface area (Å²) in [6.07, 6.45) is 3.35. The molecule has 4 heteroatoms. The van der Waals surface area contributed by atoms with E-state index in [1.807, 2.05) is 31.2 Å². The molecule has 0 aliphatic carbocycles. The highest BCUT2D eigenvalue weighted by molar-refractivity contribution is 6.08. The lowest BCUT2D eigenvalue weighted by atomic mass is 10.1. The SMILES string of the molecule is CNc1ccccc1C(=O)Nc1cnccc1C. The topological polar surface area (TPSA) is 54.0 Å². The van der Waals surface area contributed by atoms with Crippen molar-refractivity contribution in [1.82, 2.24) is 4.98 Å². The van der Waals surface area contributed by atoms with Gasteiger partial charge in [0.25, 0.3) is 5.91 Å². The molecule has 4 nitrogen and oxygen atoms in total. The molecular formula is C14H15N3O. The number of aryl methyl sites for hydroxylation is 1. The largest absolute Gasteiger partial charge is 0.387 e. The van der Waals surface area contributed by atoms with Gasteiger partial charge in [0.1, 0.15) is 0 Å². The van der Waals surface area contributed by atoms with Gasteiger partial charge in [0, 0.05) is 18.9 Å². The summed E-state index contributed by atoms with van der Waals surface area (Å²) in [6, 6.07) is 9.24. The van der Waals surface area contributed by atoms with Gasteiger partial charge in [0.05, 0.1) is 17.4 Å². The number of hydrogen-bond acceptors (Lipinski definition) is 3. The van der Waals surface area contributed by atoms with Crippen molar-refractivity contribution in [2.75, 3.05) is 17.7 Å². The van der Waals surface area contributed by atoms with Crippen molar-refractivity contribution in [3.05, 3.63) is 53.9 Å². The summed E-state index contributed by atoms with van der Waals surface area (Å²) in [6.45, 7) is 1.93. The number of amides is 1. The minimum Gasteiger partial charge on any atom is -0.387 e. The minimum atomic E-state index is -0.143. The fraction of sp³-hybridized carbons (Fsp3) is 0.143. The van der Waals surface area contributed by atoms with Crippen molar-refractivity contribution < 1.29 is 4.79 Å². The van der Waals surface area contributed by atoms with Gasteiger partial charge in [-0.15, -0.1) is 0 Å². The number of carbonyl (C=O) groups is 1. The Bertz CT molecular complexity index is 566. The van der Waals surface area contributed by atoms with Crippen LogP contribution >= 0.6 is 0 Å². The molecule has 2 rings (SSSR count). The van der Waals surface area contributed by atoms with Crippen LogP contribution < -0.4 is 10.6 Å². The smallest absolute Gasteiger partial charge is 0.257 e. The molecule has 1 amide bonds. The van der Waals surface area contributed by atoms with E-state index < -0.39 is 0 Å². The molecule has 18 heavy (non-hydrogen) atoms. The van der Waals surface area contributed by atoms with Gasteiger partial charge in [-0.25, -0.2) is 0 Å². The quantitative estimate of drug-likeness (QED) is 0.868. The molecule has 0 bridgehead atoms. The van der Waals surface area contributed by atoms with Crippen LogP contribution in [0, 0.1) is 6.92 Å². The summed E-state index contributed by atoms with van der Waals surface area (Å²) in [7, 11) is 1.79. The van der Waals surface area contributed by atoms with Crippen molar-refractivity contribution in [1.29, 1.82) is 0 Å². The molecule has 0 radical (unpaired) electrons. The zero-order valence-electron chi connectivity index (χ0n) is 10.4. The number of nitrogens with zero attached hydrogens (tertiary/aromatic N) is 1. The number of aromatic nitrogens is 1. The summed E-state index contributed by atoms with van der Waals surface area (Å²) in [5.74, 6) is -0.143. The molecule has 1 aromatic heterocycles. The molecule has 0 atom stereocenters. The van der Waals surface area contributed by atoms with Crippen molar-refractivity contribution in [3.8, 4) is 0 Å². The van der Waals surface area contributed by atoms with Crippen molar-refractivity contribution in [2.24, 2.45) is 0 Å². The third-order valence-electron chi connectivity index (χ3n) is 2.73. The molecule has 1 aromatic carbocycles. The average Bonchev–Trinajstić information content (AvgIpc) is 2.41. The second kappa shape index (κ2) is 5.31. The zero-order chi connectivity index (χ0) is 13.0. The van der Waals surface area contributed by atoms with Gasteiger partial charge in [-0.05, 0) is 30.7 Å². The van der Waals surface area contributed by atoms with Crippen LogP contribution in [-0.4, -0.2) is 17.9 Å². The van der Waals surface area contributed by atoms with E-state index in [4.69, 9.17) is 0 Å². The summed E-state index contributed by atoms with van der Waals surface area (Å²) in [4.78, 5) is 16.2. The molecule has 0 unspecified atom stereocenters. The number of carbonyl (C=O) groups excluding carboxylic acids is 1. The number of nitrogens with one attached hydrogen (secondary N) is 2. The van der Waals surface area contributed by atoms with Gasteiger partial charge in [-0.1, -0.05) is 12.1 Å². The van der Waals surface area contributed by atoms with Crippen LogP contribution in [-0.2, 0) is 0 Å². The summed E-state index contributed by atoms with van der Waals surface area (Å²) < 4.78 is 0. The van der Waals surface area contributed by atoms with Crippen molar-refractivity contribution >= 4 is 17.3 Å². The van der Waals surface area contributed by atoms with Crippen LogP contribution in [0.15, 0.2) is 42.7 Å². The molecule has 2 aromatic rings. The first-order valence-electron chi connectivity index (χ1n) is 5.71. The predicted molar refractivity (Wildman–Crippen MR) is 72.9 cm³/mol. The van der Waals surface area contributed by atoms with Crippen LogP contribution in [0.3, 0.4) is 0 Å². The van der Waals surface area contributed by atoms with E-state index in [0.29, 0.717) is 5.56 Å². The second-order valence-corrected chi connectivity index (χ2v) is 3.94. The maximum Gasteiger partial charge on any atom is 0.257 e. The number of benzene rings is 1. The molecule has 0 saturated carbocycles. The highest BCUT2D eigenvalue weighted by Gasteiger charge is 2.11. The fourth-order valence-corrected chi connectivity index (χ4v) is 1.68. The lowest BCUT2D eigenvalue weighted by Gasteiger charge is -2.10. The summed E-state index contributed by atoms with van der Waals surface area (Å²) in [5, 5.41) is 5.86. The molecule has 0 aliphatic rings. The first-order valence-corrected chi connectivity index (χ1v) is 5.71. The Hall–Kier alpha value is -2.36. The third-order valence-corrected chi connectivity index (χ3v) is 2.73. The molecule has 0 aliphatic heterocycles. The summed E-state index contributed by atoms with van der Waals surface area (Å²) >= 11 is 0. The molecule has 0 fully saturated rings. The Kier molecular flexibility index (Phi) is 3.57. The van der Waals surface area contributed by atoms with Crippen LogP contribution in [0.25, 0.3) is 0 Å². The number of rotatable bonds is 3. The normalized spacial score (nSPS) is 9.89. The summed E-state index contributed by atoms with van der Waals surface area (Å²) in [5.41, 5.74) is 3.13. The Balaban J connectivity index is 2.25. The van der Waals surface area contributed by atoms with Gasteiger partial charge in [0.15, 0.2) is 0 Å². The van der Waals surface area contributed by atoms with Crippen molar-refractivity contribution in [3.63, 3.8) is 0 Å². The number of para-hydroxylation sites is 1. The Labute approximate surface area is 106 Å². The van der Waals surface area contributed by atoms with Gasteiger partial charge in [0.2, 0.25) is 0 Å². The zero-order valence-corrected chi connectivity index (χ0v) is 10.4. The maximum atomic E-state index is 12.2. The van der Waals surface area contributed by atoms with E-state index in [1.54, 1.807) is 25.5 Å². The van der Waals surface area contributed by atoms with E-state index in [9.17, 15) is 4.79 Å². The minimum absolute atomic E-state index is 0.143. The molecular weight excluding hydrogens is 226 g/mol. The van der Waals surface area contributed by atoms with Gasteiger partial charge in [-0.3, -0.25) is 9.78 Å². The van der Waals surface area contributed by atoms with Crippen LogP contribution in [0.5, 0.6) is 0 Å². The highest BCUT2D eigenvalue weighted by Crippen LogP contribution is 2.18. The molecule has 1 heterocycles. The predicted octanol–water partition coefficient (Wildman–Crippen LogP) is 2.68. The average molecular weight is 241 g/mol. The van der Waals surface area contributed by atoms with Crippen LogP contribution in [0.1, 0.15) is 15.9 Å². The number of pyridine rings is 1. The van der Waals surface area contributed by atoms with Crippen LogP contribution in [0.4, 0.5) is 11.4 Å². The lowest BCUT2D eigenvalue weighted by molar-refractivity contribution is 0.102. The fourth-order valence-electron chi connectivity index (χ4n) is 1.68. The number of anilines is 2. The Morgan fingerprint density at radius 2 is 1.94 bits per heavy atom.